The number of aromatic amines is 1. The molecule has 0 spiro atoms. The largest absolute Gasteiger partial charge is 0.356 e. The van der Waals surface area contributed by atoms with Crippen LogP contribution in [-0.4, -0.2) is 27.0 Å². The Morgan fingerprint density at radius 3 is 2.92 bits per heavy atom. The van der Waals surface area contributed by atoms with Gasteiger partial charge in [-0.25, -0.2) is 4.98 Å². The molecule has 7 nitrogen and oxygen atoms in total. The lowest BCUT2D eigenvalue weighted by atomic mass is 9.99. The lowest BCUT2D eigenvalue weighted by molar-refractivity contribution is -0.121. The number of rotatable bonds is 7. The minimum Gasteiger partial charge on any atom is -0.356 e. The molecule has 1 amide bonds. The highest BCUT2D eigenvalue weighted by atomic mass is 16.1. The second-order valence-electron chi connectivity index (χ2n) is 5.67. The number of imidazole rings is 1. The van der Waals surface area contributed by atoms with Gasteiger partial charge in [-0.05, 0) is 37.8 Å². The van der Waals surface area contributed by atoms with Crippen molar-refractivity contribution in [2.24, 2.45) is 0 Å². The highest BCUT2D eigenvalue weighted by Gasteiger charge is 2.13. The highest BCUT2D eigenvalue weighted by Crippen LogP contribution is 2.14. The Bertz CT molecular complexity index is 800. The van der Waals surface area contributed by atoms with Gasteiger partial charge in [-0.1, -0.05) is 0 Å². The quantitative estimate of drug-likeness (QED) is 0.746. The molecule has 2 rings (SSSR count). The first kappa shape index (κ1) is 17.5. The van der Waals surface area contributed by atoms with Crippen molar-refractivity contribution in [3.8, 4) is 6.07 Å². The molecule has 2 aromatic rings. The molecule has 0 aliphatic carbocycles. The Hall–Kier alpha value is -2.88. The molecule has 0 aliphatic rings. The number of nitrogens with zero attached hydrogens (tertiary/aromatic N) is 3. The molecule has 2 aromatic heterocycles. The van der Waals surface area contributed by atoms with E-state index < -0.39 is 0 Å². The minimum atomic E-state index is -0.375. The maximum absolute atomic E-state index is 12.0. The summed E-state index contributed by atoms with van der Waals surface area (Å²) in [5, 5.41) is 11.9. The van der Waals surface area contributed by atoms with Crippen LogP contribution >= 0.6 is 0 Å². The fourth-order valence-corrected chi connectivity index (χ4v) is 2.66. The van der Waals surface area contributed by atoms with Crippen LogP contribution in [0.1, 0.15) is 35.2 Å². The highest BCUT2D eigenvalue weighted by molar-refractivity contribution is 5.76. The molecule has 0 saturated carbocycles. The van der Waals surface area contributed by atoms with Gasteiger partial charge in [0.05, 0.1) is 6.33 Å². The van der Waals surface area contributed by atoms with Crippen LogP contribution in [0.25, 0.3) is 0 Å². The first-order chi connectivity index (χ1) is 11.5. The summed E-state index contributed by atoms with van der Waals surface area (Å²) in [7, 11) is 0. The number of H-pyrrole nitrogens is 1. The zero-order valence-corrected chi connectivity index (χ0v) is 13.9. The van der Waals surface area contributed by atoms with E-state index in [0.29, 0.717) is 30.6 Å². The second kappa shape index (κ2) is 8.11. The molecular formula is C17H21N5O2. The SMILES string of the molecule is Cc1[nH]c(=O)c(C#N)c(C)c1CCC(=O)NCCCn1ccnc1. The maximum Gasteiger partial charge on any atom is 0.266 e. The number of pyridine rings is 1. The average molecular weight is 327 g/mol. The van der Waals surface area contributed by atoms with Gasteiger partial charge in [-0.2, -0.15) is 5.26 Å². The number of nitriles is 1. The summed E-state index contributed by atoms with van der Waals surface area (Å²) in [6, 6.07) is 1.92. The van der Waals surface area contributed by atoms with Crippen molar-refractivity contribution in [2.45, 2.75) is 39.7 Å². The Balaban J connectivity index is 1.83. The van der Waals surface area contributed by atoms with Crippen molar-refractivity contribution in [3.05, 3.63) is 51.5 Å². The van der Waals surface area contributed by atoms with Gasteiger partial charge in [-0.15, -0.1) is 0 Å². The van der Waals surface area contributed by atoms with Crippen molar-refractivity contribution in [2.75, 3.05) is 6.54 Å². The summed E-state index contributed by atoms with van der Waals surface area (Å²) in [6.07, 6.45) is 7.01. The number of hydrogen-bond donors (Lipinski definition) is 2. The van der Waals surface area contributed by atoms with Gasteiger partial charge in [-0.3, -0.25) is 9.59 Å². The third kappa shape index (κ3) is 4.32. The predicted molar refractivity (Wildman–Crippen MR) is 89.4 cm³/mol. The summed E-state index contributed by atoms with van der Waals surface area (Å²) < 4.78 is 1.96. The van der Waals surface area contributed by atoms with E-state index in [1.165, 1.54) is 0 Å². The van der Waals surface area contributed by atoms with Crippen molar-refractivity contribution < 1.29 is 4.79 Å². The third-order valence-electron chi connectivity index (χ3n) is 4.00. The fourth-order valence-electron chi connectivity index (χ4n) is 2.66. The van der Waals surface area contributed by atoms with Crippen LogP contribution in [0.4, 0.5) is 0 Å². The van der Waals surface area contributed by atoms with Gasteiger partial charge in [0.15, 0.2) is 0 Å². The number of carbonyl (C=O) groups is 1. The van der Waals surface area contributed by atoms with Crippen LogP contribution in [0.2, 0.25) is 0 Å². The zero-order valence-electron chi connectivity index (χ0n) is 13.9. The molecule has 0 saturated heterocycles. The third-order valence-corrected chi connectivity index (χ3v) is 4.00. The summed E-state index contributed by atoms with van der Waals surface area (Å²) in [6.45, 7) is 4.95. The molecule has 0 atom stereocenters. The molecule has 0 fully saturated rings. The predicted octanol–water partition coefficient (Wildman–Crippen LogP) is 1.20. The molecule has 7 heteroatoms. The molecule has 0 bridgehead atoms. The van der Waals surface area contributed by atoms with E-state index in [-0.39, 0.29) is 17.0 Å². The first-order valence-corrected chi connectivity index (χ1v) is 7.87. The number of hydrogen-bond acceptors (Lipinski definition) is 4. The lowest BCUT2D eigenvalue weighted by Crippen LogP contribution is -2.26. The number of carbonyl (C=O) groups excluding carboxylic acids is 1. The normalized spacial score (nSPS) is 10.4. The van der Waals surface area contributed by atoms with E-state index in [4.69, 9.17) is 5.26 Å². The zero-order chi connectivity index (χ0) is 17.5. The van der Waals surface area contributed by atoms with Gasteiger partial charge in [0.25, 0.3) is 5.56 Å². The van der Waals surface area contributed by atoms with Crippen molar-refractivity contribution in [3.63, 3.8) is 0 Å². The standard InChI is InChI=1S/C17H21N5O2/c1-12-14(13(2)21-17(24)15(12)10-18)4-5-16(23)20-6-3-8-22-9-7-19-11-22/h7,9,11H,3-6,8H2,1-2H3,(H,20,23)(H,21,24). The summed E-state index contributed by atoms with van der Waals surface area (Å²) >= 11 is 0. The molecule has 2 heterocycles. The second-order valence-corrected chi connectivity index (χ2v) is 5.67. The molecule has 0 unspecified atom stereocenters. The van der Waals surface area contributed by atoms with Gasteiger partial charge in [0.2, 0.25) is 5.91 Å². The van der Waals surface area contributed by atoms with E-state index in [1.54, 1.807) is 26.4 Å². The molecule has 2 N–H and O–H groups in total. The fraction of sp³-hybridized carbons (Fsp3) is 0.412. The summed E-state index contributed by atoms with van der Waals surface area (Å²) in [4.78, 5) is 30.3. The van der Waals surface area contributed by atoms with Crippen LogP contribution in [0.15, 0.2) is 23.5 Å². The molecule has 24 heavy (non-hydrogen) atoms. The maximum atomic E-state index is 12.0. The molecule has 0 aromatic carbocycles. The first-order valence-electron chi connectivity index (χ1n) is 7.87. The molecule has 126 valence electrons. The van der Waals surface area contributed by atoms with E-state index >= 15 is 0 Å². The van der Waals surface area contributed by atoms with Gasteiger partial charge >= 0.3 is 0 Å². The number of aryl methyl sites for hydroxylation is 2. The van der Waals surface area contributed by atoms with E-state index in [9.17, 15) is 9.59 Å². The summed E-state index contributed by atoms with van der Waals surface area (Å²) in [5.41, 5.74) is 1.98. The van der Waals surface area contributed by atoms with Crippen LogP contribution in [0.5, 0.6) is 0 Å². The van der Waals surface area contributed by atoms with Gasteiger partial charge in [0.1, 0.15) is 11.6 Å². The van der Waals surface area contributed by atoms with Crippen molar-refractivity contribution in [1.82, 2.24) is 19.9 Å². The monoisotopic (exact) mass is 327 g/mol. The van der Waals surface area contributed by atoms with Crippen molar-refractivity contribution >= 4 is 5.91 Å². The summed E-state index contributed by atoms with van der Waals surface area (Å²) in [5.74, 6) is -0.0378. The van der Waals surface area contributed by atoms with Crippen LogP contribution < -0.4 is 10.9 Å². The van der Waals surface area contributed by atoms with Gasteiger partial charge < -0.3 is 14.9 Å². The van der Waals surface area contributed by atoms with Crippen LogP contribution in [0, 0.1) is 25.2 Å². The number of nitrogens with one attached hydrogen (secondary N) is 2. The van der Waals surface area contributed by atoms with E-state index in [0.717, 1.165) is 18.5 Å². The average Bonchev–Trinajstić information content (AvgIpc) is 3.04. The molecule has 0 radical (unpaired) electrons. The number of amides is 1. The Morgan fingerprint density at radius 1 is 1.46 bits per heavy atom. The van der Waals surface area contributed by atoms with Gasteiger partial charge in [0, 0.05) is 37.6 Å². The van der Waals surface area contributed by atoms with Crippen LogP contribution in [0.3, 0.4) is 0 Å². The van der Waals surface area contributed by atoms with Crippen molar-refractivity contribution in [1.29, 1.82) is 5.26 Å². The van der Waals surface area contributed by atoms with E-state index in [2.05, 4.69) is 15.3 Å². The Morgan fingerprint density at radius 2 is 2.25 bits per heavy atom. The topological polar surface area (TPSA) is 104 Å². The Labute approximate surface area is 140 Å². The molecular weight excluding hydrogens is 306 g/mol. The Kier molecular flexibility index (Phi) is 5.90. The minimum absolute atomic E-state index is 0.0378. The molecule has 0 aliphatic heterocycles. The lowest BCUT2D eigenvalue weighted by Gasteiger charge is -2.11. The van der Waals surface area contributed by atoms with E-state index in [1.807, 2.05) is 16.8 Å². The number of aromatic nitrogens is 3. The smallest absolute Gasteiger partial charge is 0.266 e. The van der Waals surface area contributed by atoms with Crippen LogP contribution in [-0.2, 0) is 17.8 Å².